The van der Waals surface area contributed by atoms with Crippen molar-refractivity contribution in [2.45, 2.75) is 45.9 Å². The highest BCUT2D eigenvalue weighted by Gasteiger charge is 2.23. The maximum absolute atomic E-state index is 13.2. The van der Waals surface area contributed by atoms with Gasteiger partial charge in [0.25, 0.3) is 11.5 Å². The fourth-order valence-electron chi connectivity index (χ4n) is 3.06. The van der Waals surface area contributed by atoms with E-state index in [2.05, 4.69) is 26.2 Å². The van der Waals surface area contributed by atoms with Crippen LogP contribution in [0.4, 0.5) is 0 Å². The molecule has 0 radical (unpaired) electrons. The van der Waals surface area contributed by atoms with Gasteiger partial charge in [-0.15, -0.1) is 0 Å². The van der Waals surface area contributed by atoms with Gasteiger partial charge >= 0.3 is 5.97 Å². The number of esters is 1. The Kier molecular flexibility index (Phi) is 7.29. The van der Waals surface area contributed by atoms with Crippen LogP contribution in [0.2, 0.25) is 0 Å². The molecule has 2 aromatic heterocycles. The molecule has 0 fully saturated rings. The molecule has 8 nitrogen and oxygen atoms in total. The Balaban J connectivity index is 1.93. The van der Waals surface area contributed by atoms with E-state index in [1.807, 2.05) is 13.0 Å². The lowest BCUT2D eigenvalue weighted by Crippen LogP contribution is -2.36. The largest absolute Gasteiger partial charge is 0.458 e. The monoisotopic (exact) mass is 510 g/mol. The molecule has 9 heteroatoms. The van der Waals surface area contributed by atoms with Crippen LogP contribution in [0.25, 0.3) is 11.0 Å². The number of hydrogen-bond acceptors (Lipinski definition) is 6. The second kappa shape index (κ2) is 9.96. The molecule has 3 rings (SSSR count). The number of aromatic nitrogens is 2. The maximum atomic E-state index is 13.2. The minimum absolute atomic E-state index is 0.112. The van der Waals surface area contributed by atoms with Crippen molar-refractivity contribution in [2.75, 3.05) is 0 Å². The molecule has 2 heterocycles. The summed E-state index contributed by atoms with van der Waals surface area (Å²) in [6, 6.07) is 12.0. The predicted octanol–water partition coefficient (Wildman–Crippen LogP) is 3.69. The lowest BCUT2D eigenvalue weighted by Gasteiger charge is -2.23. The molecule has 0 unspecified atom stereocenters. The van der Waals surface area contributed by atoms with Crippen molar-refractivity contribution in [3.05, 3.63) is 74.1 Å². The SMILES string of the molecule is CCC(C)(C)OC(=O)Cn1c(=O)c(C(=O)NCc2ccc(C#N)cc2)cc2cc(Br)cnc21. The molecule has 1 amide bonds. The van der Waals surface area contributed by atoms with E-state index in [0.29, 0.717) is 21.8 Å². The molecule has 0 saturated carbocycles. The zero-order valence-electron chi connectivity index (χ0n) is 18.5. The van der Waals surface area contributed by atoms with E-state index >= 15 is 0 Å². The Labute approximate surface area is 199 Å². The summed E-state index contributed by atoms with van der Waals surface area (Å²) >= 11 is 3.35. The molecule has 1 N–H and O–H groups in total. The Morgan fingerprint density at radius 3 is 2.58 bits per heavy atom. The number of fused-ring (bicyclic) bond motifs is 1. The predicted molar refractivity (Wildman–Crippen MR) is 126 cm³/mol. The van der Waals surface area contributed by atoms with Gasteiger partial charge in [0.15, 0.2) is 0 Å². The van der Waals surface area contributed by atoms with Crippen LogP contribution in [0.5, 0.6) is 0 Å². The highest BCUT2D eigenvalue weighted by Crippen LogP contribution is 2.19. The van der Waals surface area contributed by atoms with E-state index in [9.17, 15) is 14.4 Å². The van der Waals surface area contributed by atoms with Crippen LogP contribution in [0.3, 0.4) is 0 Å². The number of nitrogens with one attached hydrogen (secondary N) is 1. The highest BCUT2D eigenvalue weighted by molar-refractivity contribution is 9.10. The third-order valence-corrected chi connectivity index (χ3v) is 5.64. The summed E-state index contributed by atoms with van der Waals surface area (Å²) in [5.74, 6) is -1.17. The summed E-state index contributed by atoms with van der Waals surface area (Å²) in [5.41, 5.74) is 0.137. The van der Waals surface area contributed by atoms with Gasteiger partial charge in [0, 0.05) is 22.6 Å². The molecule has 33 heavy (non-hydrogen) atoms. The summed E-state index contributed by atoms with van der Waals surface area (Å²) in [6.45, 7) is 5.27. The number of pyridine rings is 2. The van der Waals surface area contributed by atoms with Crippen molar-refractivity contribution in [2.24, 2.45) is 0 Å². The normalized spacial score (nSPS) is 11.1. The van der Waals surface area contributed by atoms with Gasteiger partial charge in [-0.1, -0.05) is 19.1 Å². The fourth-order valence-corrected chi connectivity index (χ4v) is 3.41. The number of carbonyl (C=O) groups excluding carboxylic acids is 2. The third-order valence-electron chi connectivity index (χ3n) is 5.20. The van der Waals surface area contributed by atoms with Crippen molar-refractivity contribution in [1.29, 1.82) is 5.26 Å². The molecule has 0 saturated heterocycles. The molecule has 0 aliphatic carbocycles. The van der Waals surface area contributed by atoms with E-state index in [0.717, 1.165) is 10.1 Å². The number of halogens is 1. The number of hydrogen-bond donors (Lipinski definition) is 1. The van der Waals surface area contributed by atoms with Crippen LogP contribution in [0, 0.1) is 11.3 Å². The molecule has 0 aliphatic rings. The molecule has 170 valence electrons. The van der Waals surface area contributed by atoms with Crippen molar-refractivity contribution in [3.8, 4) is 6.07 Å². The first-order valence-corrected chi connectivity index (χ1v) is 11.1. The molecular formula is C24H23BrN4O4. The van der Waals surface area contributed by atoms with Gasteiger partial charge in [-0.3, -0.25) is 19.0 Å². The summed E-state index contributed by atoms with van der Waals surface area (Å²) in [6.07, 6.45) is 2.13. The molecule has 0 atom stereocenters. The second-order valence-corrected chi connectivity index (χ2v) is 9.01. The Morgan fingerprint density at radius 2 is 1.94 bits per heavy atom. The first-order chi connectivity index (χ1) is 15.6. The van der Waals surface area contributed by atoms with E-state index in [4.69, 9.17) is 10.00 Å². The first-order valence-electron chi connectivity index (χ1n) is 10.3. The third kappa shape index (κ3) is 5.84. The van der Waals surface area contributed by atoms with Gasteiger partial charge in [-0.05, 0) is 66.0 Å². The quantitative estimate of drug-likeness (QED) is 0.484. The smallest absolute Gasteiger partial charge is 0.326 e. The number of benzene rings is 1. The van der Waals surface area contributed by atoms with Gasteiger partial charge in [0.05, 0.1) is 11.6 Å². The number of nitriles is 1. The number of amides is 1. The Bertz CT molecular complexity index is 1310. The zero-order valence-corrected chi connectivity index (χ0v) is 20.1. The Morgan fingerprint density at radius 1 is 1.24 bits per heavy atom. The molecule has 0 spiro atoms. The van der Waals surface area contributed by atoms with Gasteiger partial charge in [-0.2, -0.15) is 5.26 Å². The molecular weight excluding hydrogens is 488 g/mol. The average molecular weight is 511 g/mol. The van der Waals surface area contributed by atoms with Crippen LogP contribution in [0.15, 0.2) is 51.9 Å². The van der Waals surface area contributed by atoms with Crippen molar-refractivity contribution in [3.63, 3.8) is 0 Å². The topological polar surface area (TPSA) is 114 Å². The van der Waals surface area contributed by atoms with Crippen molar-refractivity contribution < 1.29 is 14.3 Å². The van der Waals surface area contributed by atoms with Gasteiger partial charge < -0.3 is 10.1 Å². The summed E-state index contributed by atoms with van der Waals surface area (Å²) in [4.78, 5) is 42.9. The fraction of sp³-hybridized carbons (Fsp3) is 0.292. The van der Waals surface area contributed by atoms with Crippen molar-refractivity contribution in [1.82, 2.24) is 14.9 Å². The summed E-state index contributed by atoms with van der Waals surface area (Å²) < 4.78 is 7.31. The number of ether oxygens (including phenoxy) is 1. The van der Waals surface area contributed by atoms with Crippen LogP contribution in [0.1, 0.15) is 48.7 Å². The number of carbonyl (C=O) groups is 2. The van der Waals surface area contributed by atoms with Crippen LogP contribution >= 0.6 is 15.9 Å². The average Bonchev–Trinajstić information content (AvgIpc) is 2.79. The van der Waals surface area contributed by atoms with Crippen LogP contribution in [-0.2, 0) is 22.6 Å². The van der Waals surface area contributed by atoms with E-state index in [1.54, 1.807) is 44.2 Å². The molecule has 1 aromatic carbocycles. The van der Waals surface area contributed by atoms with Gasteiger partial charge in [0.1, 0.15) is 23.4 Å². The summed E-state index contributed by atoms with van der Waals surface area (Å²) in [5, 5.41) is 12.1. The minimum atomic E-state index is -0.678. The molecule has 0 aliphatic heterocycles. The van der Waals surface area contributed by atoms with E-state index in [-0.39, 0.29) is 24.3 Å². The van der Waals surface area contributed by atoms with Crippen LogP contribution < -0.4 is 10.9 Å². The highest BCUT2D eigenvalue weighted by atomic mass is 79.9. The molecule has 0 bridgehead atoms. The second-order valence-electron chi connectivity index (χ2n) is 8.09. The first kappa shape index (κ1) is 24.1. The number of nitrogens with zero attached hydrogens (tertiary/aromatic N) is 3. The zero-order chi connectivity index (χ0) is 24.2. The van der Waals surface area contributed by atoms with Gasteiger partial charge in [0.2, 0.25) is 0 Å². The van der Waals surface area contributed by atoms with Crippen molar-refractivity contribution >= 4 is 38.8 Å². The number of rotatable bonds is 7. The van der Waals surface area contributed by atoms with E-state index < -0.39 is 23.0 Å². The van der Waals surface area contributed by atoms with Crippen LogP contribution in [-0.4, -0.2) is 27.0 Å². The lowest BCUT2D eigenvalue weighted by molar-refractivity contribution is -0.157. The standard InChI is InChI=1S/C24H23BrN4O4/c1-4-24(2,3)33-20(30)14-29-21-17(9-18(25)13-27-21)10-19(23(29)32)22(31)28-12-16-7-5-15(11-26)6-8-16/h5-10,13H,4,12,14H2,1-3H3,(H,28,31). The van der Waals surface area contributed by atoms with E-state index in [1.165, 1.54) is 12.3 Å². The lowest BCUT2D eigenvalue weighted by atomic mass is 10.1. The molecule has 3 aromatic rings. The Hall–Kier alpha value is -3.51. The minimum Gasteiger partial charge on any atom is -0.458 e. The van der Waals surface area contributed by atoms with Gasteiger partial charge in [-0.25, -0.2) is 4.98 Å². The maximum Gasteiger partial charge on any atom is 0.326 e. The summed E-state index contributed by atoms with van der Waals surface area (Å²) in [7, 11) is 0.